The van der Waals surface area contributed by atoms with Crippen molar-refractivity contribution in [2.45, 2.75) is 6.10 Å². The van der Waals surface area contributed by atoms with Crippen LogP contribution in [0.15, 0.2) is 28.8 Å². The Hall–Kier alpha value is -1.92. The highest BCUT2D eigenvalue weighted by atomic mass is 16.6. The molecule has 6 heteroatoms. The maximum Gasteiger partial charge on any atom is 0.258 e. The van der Waals surface area contributed by atoms with Crippen LogP contribution in [-0.4, -0.2) is 30.0 Å². The van der Waals surface area contributed by atoms with E-state index in [1.165, 1.54) is 0 Å². The first kappa shape index (κ1) is 11.2. The summed E-state index contributed by atoms with van der Waals surface area (Å²) in [7, 11) is 0. The third kappa shape index (κ3) is 2.20. The quantitative estimate of drug-likeness (QED) is 0.808. The summed E-state index contributed by atoms with van der Waals surface area (Å²) in [6, 6.07) is 7.29. The molecule has 0 spiro atoms. The van der Waals surface area contributed by atoms with Crippen molar-refractivity contribution in [3.05, 3.63) is 30.2 Å². The molecule has 18 heavy (non-hydrogen) atoms. The largest absolute Gasteiger partial charge is 0.399 e. The van der Waals surface area contributed by atoms with Gasteiger partial charge in [0.25, 0.3) is 5.89 Å². The summed E-state index contributed by atoms with van der Waals surface area (Å²) in [5.41, 5.74) is 7.18. The Bertz CT molecular complexity index is 518. The summed E-state index contributed by atoms with van der Waals surface area (Å²) in [4.78, 5) is 4.31. The van der Waals surface area contributed by atoms with E-state index in [9.17, 15) is 0 Å². The maximum atomic E-state index is 5.63. The van der Waals surface area contributed by atoms with Crippen LogP contribution in [0.25, 0.3) is 11.4 Å². The van der Waals surface area contributed by atoms with E-state index >= 15 is 0 Å². The van der Waals surface area contributed by atoms with Crippen LogP contribution in [-0.2, 0) is 9.47 Å². The van der Waals surface area contributed by atoms with E-state index in [2.05, 4.69) is 10.1 Å². The van der Waals surface area contributed by atoms with Crippen LogP contribution in [0, 0.1) is 0 Å². The van der Waals surface area contributed by atoms with Crippen LogP contribution in [0.5, 0.6) is 0 Å². The molecule has 1 aliphatic rings. The van der Waals surface area contributed by atoms with Crippen LogP contribution < -0.4 is 5.73 Å². The average molecular weight is 247 g/mol. The molecule has 1 aromatic carbocycles. The summed E-state index contributed by atoms with van der Waals surface area (Å²) in [6.45, 7) is 1.60. The molecule has 1 fully saturated rings. The van der Waals surface area contributed by atoms with E-state index in [4.69, 9.17) is 19.7 Å². The zero-order chi connectivity index (χ0) is 12.4. The highest BCUT2D eigenvalue weighted by Gasteiger charge is 2.23. The lowest BCUT2D eigenvalue weighted by molar-refractivity contribution is -0.101. The fraction of sp³-hybridized carbons (Fsp3) is 0.333. The number of rotatable bonds is 2. The summed E-state index contributed by atoms with van der Waals surface area (Å²) in [6.07, 6.45) is -0.270. The second kappa shape index (κ2) is 4.75. The lowest BCUT2D eigenvalue weighted by Crippen LogP contribution is -2.22. The molecule has 0 amide bonds. The average Bonchev–Trinajstić information content (AvgIpc) is 2.90. The number of aromatic nitrogens is 2. The molecule has 94 valence electrons. The van der Waals surface area contributed by atoms with Crippen LogP contribution in [0.1, 0.15) is 12.0 Å². The molecule has 2 N–H and O–H groups in total. The monoisotopic (exact) mass is 247 g/mol. The second-order valence-electron chi connectivity index (χ2n) is 4.01. The van der Waals surface area contributed by atoms with Crippen LogP contribution in [0.2, 0.25) is 0 Å². The minimum atomic E-state index is -0.270. The predicted octanol–water partition coefficient (Wildman–Crippen LogP) is 1.41. The van der Waals surface area contributed by atoms with Gasteiger partial charge in [-0.1, -0.05) is 5.16 Å². The van der Waals surface area contributed by atoms with Crippen LogP contribution >= 0.6 is 0 Å². The molecular weight excluding hydrogens is 234 g/mol. The van der Waals surface area contributed by atoms with Gasteiger partial charge in [-0.05, 0) is 24.3 Å². The SMILES string of the molecule is Nc1ccc(-c2noc(C3COCCO3)n2)cc1. The van der Waals surface area contributed by atoms with Crippen molar-refractivity contribution < 1.29 is 14.0 Å². The maximum absolute atomic E-state index is 5.63. The van der Waals surface area contributed by atoms with E-state index in [1.54, 1.807) is 12.1 Å². The minimum Gasteiger partial charge on any atom is -0.399 e. The minimum absolute atomic E-state index is 0.270. The molecule has 1 unspecified atom stereocenters. The third-order valence-electron chi connectivity index (χ3n) is 2.70. The van der Waals surface area contributed by atoms with E-state index in [0.717, 1.165) is 5.56 Å². The number of ether oxygens (including phenoxy) is 2. The Morgan fingerprint density at radius 3 is 2.72 bits per heavy atom. The number of hydrogen-bond acceptors (Lipinski definition) is 6. The fourth-order valence-corrected chi connectivity index (χ4v) is 1.75. The lowest BCUT2D eigenvalue weighted by Gasteiger charge is -2.19. The van der Waals surface area contributed by atoms with Gasteiger partial charge >= 0.3 is 0 Å². The van der Waals surface area contributed by atoms with Gasteiger partial charge in [0.1, 0.15) is 0 Å². The van der Waals surface area contributed by atoms with Crippen molar-refractivity contribution in [3.8, 4) is 11.4 Å². The third-order valence-corrected chi connectivity index (χ3v) is 2.70. The van der Waals surface area contributed by atoms with Gasteiger partial charge in [0.05, 0.1) is 19.8 Å². The number of anilines is 1. The Morgan fingerprint density at radius 2 is 2.00 bits per heavy atom. The van der Waals surface area contributed by atoms with Gasteiger partial charge in [-0.2, -0.15) is 4.98 Å². The summed E-state index contributed by atoms with van der Waals surface area (Å²) >= 11 is 0. The Labute approximate surface area is 104 Å². The van der Waals surface area contributed by atoms with E-state index < -0.39 is 0 Å². The molecule has 1 aromatic heterocycles. The molecular formula is C12H13N3O3. The molecule has 0 radical (unpaired) electrons. The highest BCUT2D eigenvalue weighted by Crippen LogP contribution is 2.23. The van der Waals surface area contributed by atoms with Gasteiger partial charge in [0.15, 0.2) is 6.10 Å². The van der Waals surface area contributed by atoms with Crippen molar-refractivity contribution in [3.63, 3.8) is 0 Å². The normalized spacial score (nSPS) is 19.9. The summed E-state index contributed by atoms with van der Waals surface area (Å²) in [5.74, 6) is 0.973. The Morgan fingerprint density at radius 1 is 1.17 bits per heavy atom. The molecule has 0 saturated carbocycles. The van der Waals surface area contributed by atoms with E-state index in [0.29, 0.717) is 37.2 Å². The first-order chi connectivity index (χ1) is 8.83. The summed E-state index contributed by atoms with van der Waals surface area (Å²) < 4.78 is 16.0. The lowest BCUT2D eigenvalue weighted by atomic mass is 10.2. The van der Waals surface area contributed by atoms with Crippen molar-refractivity contribution in [2.24, 2.45) is 0 Å². The van der Waals surface area contributed by atoms with Gasteiger partial charge in [-0.15, -0.1) is 0 Å². The molecule has 1 saturated heterocycles. The predicted molar refractivity (Wildman–Crippen MR) is 63.7 cm³/mol. The van der Waals surface area contributed by atoms with Gasteiger partial charge in [-0.25, -0.2) is 0 Å². The van der Waals surface area contributed by atoms with Crippen molar-refractivity contribution in [2.75, 3.05) is 25.6 Å². The van der Waals surface area contributed by atoms with Crippen molar-refractivity contribution >= 4 is 5.69 Å². The highest BCUT2D eigenvalue weighted by molar-refractivity contribution is 5.57. The molecule has 3 rings (SSSR count). The van der Waals surface area contributed by atoms with E-state index in [1.807, 2.05) is 12.1 Å². The molecule has 0 bridgehead atoms. The molecule has 0 aliphatic carbocycles. The first-order valence-electron chi connectivity index (χ1n) is 5.72. The van der Waals surface area contributed by atoms with Crippen LogP contribution in [0.3, 0.4) is 0 Å². The molecule has 6 nitrogen and oxygen atoms in total. The van der Waals surface area contributed by atoms with Crippen molar-refractivity contribution in [1.29, 1.82) is 0 Å². The molecule has 2 aromatic rings. The van der Waals surface area contributed by atoms with Gasteiger partial charge in [0, 0.05) is 11.3 Å². The first-order valence-corrected chi connectivity index (χ1v) is 5.72. The molecule has 1 aliphatic heterocycles. The smallest absolute Gasteiger partial charge is 0.258 e. The number of nitrogens with two attached hydrogens (primary N) is 1. The Balaban J connectivity index is 1.82. The van der Waals surface area contributed by atoms with Gasteiger partial charge < -0.3 is 19.7 Å². The van der Waals surface area contributed by atoms with Gasteiger partial charge in [0.2, 0.25) is 5.82 Å². The fourth-order valence-electron chi connectivity index (χ4n) is 1.75. The van der Waals surface area contributed by atoms with Crippen LogP contribution in [0.4, 0.5) is 5.69 Å². The second-order valence-corrected chi connectivity index (χ2v) is 4.01. The molecule has 1 atom stereocenters. The number of benzene rings is 1. The standard InChI is InChI=1S/C12H13N3O3/c13-9-3-1-8(2-4-9)11-14-12(18-15-11)10-7-16-5-6-17-10/h1-4,10H,5-7,13H2. The number of nitrogen functional groups attached to an aromatic ring is 1. The zero-order valence-corrected chi connectivity index (χ0v) is 9.70. The van der Waals surface area contributed by atoms with Gasteiger partial charge in [-0.3, -0.25) is 0 Å². The zero-order valence-electron chi connectivity index (χ0n) is 9.70. The number of hydrogen-bond donors (Lipinski definition) is 1. The molecule has 2 heterocycles. The Kier molecular flexibility index (Phi) is 2.95. The topological polar surface area (TPSA) is 83.4 Å². The van der Waals surface area contributed by atoms with Crippen molar-refractivity contribution in [1.82, 2.24) is 10.1 Å². The summed E-state index contributed by atoms with van der Waals surface area (Å²) in [5, 5.41) is 3.93. The van der Waals surface area contributed by atoms with E-state index in [-0.39, 0.29) is 6.10 Å². The number of nitrogens with zero attached hydrogens (tertiary/aromatic N) is 2.